The maximum Gasteiger partial charge on any atom is 0.0650 e. The van der Waals surface area contributed by atoms with Crippen molar-refractivity contribution in [3.8, 4) is 11.3 Å². The molecule has 0 aliphatic rings. The molecule has 102 valence electrons. The molecule has 0 aliphatic heterocycles. The zero-order valence-electron chi connectivity index (χ0n) is 11.3. The highest BCUT2D eigenvalue weighted by atomic mass is 32.1. The number of anilines is 1. The number of aromatic amines is 1. The quantitative estimate of drug-likeness (QED) is 0.712. The maximum atomic E-state index is 4.00. The first kappa shape index (κ1) is 12.9. The van der Waals surface area contributed by atoms with Crippen molar-refractivity contribution in [3.63, 3.8) is 0 Å². The topological polar surface area (TPSA) is 40.7 Å². The third kappa shape index (κ3) is 2.75. The zero-order valence-corrected chi connectivity index (χ0v) is 12.2. The monoisotopic (exact) mass is 283 g/mol. The molecule has 1 atom stereocenters. The molecule has 0 bridgehead atoms. The highest BCUT2D eigenvalue weighted by Crippen LogP contribution is 2.28. The van der Waals surface area contributed by atoms with Gasteiger partial charge in [0.15, 0.2) is 0 Å². The average molecular weight is 283 g/mol. The van der Waals surface area contributed by atoms with Crippen LogP contribution in [-0.4, -0.2) is 10.2 Å². The first-order valence-corrected chi connectivity index (χ1v) is 7.64. The Morgan fingerprint density at radius 2 is 2.20 bits per heavy atom. The van der Waals surface area contributed by atoms with Crippen LogP contribution in [-0.2, 0) is 0 Å². The summed E-state index contributed by atoms with van der Waals surface area (Å²) in [4.78, 5) is 1.37. The SMILES string of the molecule is CCC(Nc1cccc(-c2ccn[nH]2)c1)c1cccs1. The summed E-state index contributed by atoms with van der Waals surface area (Å²) in [6.45, 7) is 2.20. The minimum atomic E-state index is 0.368. The number of aromatic nitrogens is 2. The Kier molecular flexibility index (Phi) is 3.83. The molecule has 3 nitrogen and oxygen atoms in total. The highest BCUT2D eigenvalue weighted by Gasteiger charge is 2.10. The Balaban J connectivity index is 1.82. The average Bonchev–Trinajstić information content (AvgIpc) is 3.17. The minimum absolute atomic E-state index is 0.368. The summed E-state index contributed by atoms with van der Waals surface area (Å²) in [6, 6.07) is 15.1. The van der Waals surface area contributed by atoms with E-state index in [4.69, 9.17) is 0 Å². The molecule has 3 aromatic rings. The Bertz CT molecular complexity index is 644. The molecule has 1 aromatic carbocycles. The molecule has 4 heteroatoms. The van der Waals surface area contributed by atoms with Gasteiger partial charge in [-0.15, -0.1) is 11.3 Å². The predicted octanol–water partition coefficient (Wildman–Crippen LogP) is 4.70. The van der Waals surface area contributed by atoms with Crippen molar-refractivity contribution in [2.75, 3.05) is 5.32 Å². The summed E-state index contributed by atoms with van der Waals surface area (Å²) in [5, 5.41) is 12.7. The van der Waals surface area contributed by atoms with Crippen LogP contribution in [0.2, 0.25) is 0 Å². The van der Waals surface area contributed by atoms with Crippen molar-refractivity contribution in [1.29, 1.82) is 0 Å². The van der Waals surface area contributed by atoms with Gasteiger partial charge in [0.1, 0.15) is 0 Å². The lowest BCUT2D eigenvalue weighted by Gasteiger charge is -2.17. The van der Waals surface area contributed by atoms with E-state index in [1.54, 1.807) is 17.5 Å². The van der Waals surface area contributed by atoms with Crippen molar-refractivity contribution in [2.45, 2.75) is 19.4 Å². The summed E-state index contributed by atoms with van der Waals surface area (Å²) < 4.78 is 0. The zero-order chi connectivity index (χ0) is 13.8. The van der Waals surface area contributed by atoms with Crippen LogP contribution >= 0.6 is 11.3 Å². The molecular weight excluding hydrogens is 266 g/mol. The van der Waals surface area contributed by atoms with Crippen LogP contribution in [0.4, 0.5) is 5.69 Å². The van der Waals surface area contributed by atoms with Crippen molar-refractivity contribution in [1.82, 2.24) is 10.2 Å². The number of benzene rings is 1. The van der Waals surface area contributed by atoms with Crippen molar-refractivity contribution >= 4 is 17.0 Å². The van der Waals surface area contributed by atoms with Crippen LogP contribution in [0.3, 0.4) is 0 Å². The summed E-state index contributed by atoms with van der Waals surface area (Å²) in [5.41, 5.74) is 3.32. The fourth-order valence-electron chi connectivity index (χ4n) is 2.26. The second-order valence-corrected chi connectivity index (χ2v) is 5.65. The molecule has 0 saturated heterocycles. The van der Waals surface area contributed by atoms with Gasteiger partial charge in [0, 0.05) is 22.3 Å². The molecule has 0 radical (unpaired) electrons. The predicted molar refractivity (Wildman–Crippen MR) is 85.0 cm³/mol. The van der Waals surface area contributed by atoms with E-state index in [0.717, 1.165) is 23.4 Å². The maximum absolute atomic E-state index is 4.00. The second-order valence-electron chi connectivity index (χ2n) is 4.67. The summed E-state index contributed by atoms with van der Waals surface area (Å²) >= 11 is 1.80. The van der Waals surface area contributed by atoms with Gasteiger partial charge in [-0.3, -0.25) is 5.10 Å². The van der Waals surface area contributed by atoms with Gasteiger partial charge in [0.05, 0.1) is 11.7 Å². The Morgan fingerprint density at radius 1 is 1.25 bits per heavy atom. The van der Waals surface area contributed by atoms with Gasteiger partial charge in [0.2, 0.25) is 0 Å². The molecule has 0 aliphatic carbocycles. The van der Waals surface area contributed by atoms with E-state index < -0.39 is 0 Å². The molecule has 3 rings (SSSR count). The molecule has 2 aromatic heterocycles. The van der Waals surface area contributed by atoms with Crippen LogP contribution in [0.5, 0.6) is 0 Å². The molecule has 20 heavy (non-hydrogen) atoms. The van der Waals surface area contributed by atoms with Crippen LogP contribution in [0.15, 0.2) is 54.0 Å². The van der Waals surface area contributed by atoms with E-state index in [1.807, 2.05) is 6.07 Å². The number of hydrogen-bond acceptors (Lipinski definition) is 3. The number of nitrogens with zero attached hydrogens (tertiary/aromatic N) is 1. The first-order chi connectivity index (χ1) is 9.86. The van der Waals surface area contributed by atoms with E-state index in [9.17, 15) is 0 Å². The molecule has 1 unspecified atom stereocenters. The number of thiophene rings is 1. The van der Waals surface area contributed by atoms with Crippen LogP contribution < -0.4 is 5.32 Å². The van der Waals surface area contributed by atoms with Crippen LogP contribution in [0.1, 0.15) is 24.3 Å². The Morgan fingerprint density at radius 3 is 2.90 bits per heavy atom. The van der Waals surface area contributed by atoms with Gasteiger partial charge in [-0.05, 0) is 36.1 Å². The van der Waals surface area contributed by atoms with Crippen molar-refractivity contribution in [3.05, 3.63) is 58.9 Å². The third-order valence-corrected chi connectivity index (χ3v) is 4.30. The lowest BCUT2D eigenvalue weighted by molar-refractivity contribution is 0.764. The Labute approximate surface area is 122 Å². The highest BCUT2D eigenvalue weighted by molar-refractivity contribution is 7.10. The van der Waals surface area contributed by atoms with Crippen LogP contribution in [0, 0.1) is 0 Å². The first-order valence-electron chi connectivity index (χ1n) is 6.76. The molecule has 0 saturated carbocycles. The van der Waals surface area contributed by atoms with Gasteiger partial charge >= 0.3 is 0 Å². The molecule has 0 fully saturated rings. The van der Waals surface area contributed by atoms with Crippen LogP contribution in [0.25, 0.3) is 11.3 Å². The Hall–Kier alpha value is -2.07. The molecule has 2 heterocycles. The fourth-order valence-corrected chi connectivity index (χ4v) is 3.12. The minimum Gasteiger partial charge on any atom is -0.377 e. The second kappa shape index (κ2) is 5.92. The van der Waals surface area contributed by atoms with Crippen molar-refractivity contribution < 1.29 is 0 Å². The van der Waals surface area contributed by atoms with Gasteiger partial charge in [-0.1, -0.05) is 25.1 Å². The van der Waals surface area contributed by atoms with E-state index in [0.29, 0.717) is 6.04 Å². The smallest absolute Gasteiger partial charge is 0.0650 e. The number of nitrogens with one attached hydrogen (secondary N) is 2. The number of hydrogen-bond donors (Lipinski definition) is 2. The largest absolute Gasteiger partial charge is 0.377 e. The van der Waals surface area contributed by atoms with Gasteiger partial charge in [-0.25, -0.2) is 0 Å². The summed E-state index contributed by atoms with van der Waals surface area (Å²) in [7, 11) is 0. The van der Waals surface area contributed by atoms with E-state index in [-0.39, 0.29) is 0 Å². The number of H-pyrrole nitrogens is 1. The van der Waals surface area contributed by atoms with E-state index >= 15 is 0 Å². The van der Waals surface area contributed by atoms with Crippen molar-refractivity contribution in [2.24, 2.45) is 0 Å². The van der Waals surface area contributed by atoms with Gasteiger partial charge in [0.25, 0.3) is 0 Å². The third-order valence-electron chi connectivity index (χ3n) is 3.31. The summed E-state index contributed by atoms with van der Waals surface area (Å²) in [5.74, 6) is 0. The molecular formula is C16H17N3S. The normalized spacial score (nSPS) is 12.2. The fraction of sp³-hybridized carbons (Fsp3) is 0.188. The number of rotatable bonds is 5. The lowest BCUT2D eigenvalue weighted by atomic mass is 10.1. The standard InChI is InChI=1S/C16H17N3S/c1-2-14(16-7-4-10-20-16)18-13-6-3-5-12(11-13)15-8-9-17-19-15/h3-11,14,18H,2H2,1H3,(H,17,19). The van der Waals surface area contributed by atoms with E-state index in [1.165, 1.54) is 4.88 Å². The molecule has 2 N–H and O–H groups in total. The molecule has 0 amide bonds. The molecule has 0 spiro atoms. The van der Waals surface area contributed by atoms with Gasteiger partial charge < -0.3 is 5.32 Å². The lowest BCUT2D eigenvalue weighted by Crippen LogP contribution is -2.07. The summed E-state index contributed by atoms with van der Waals surface area (Å²) in [6.07, 6.45) is 2.84. The van der Waals surface area contributed by atoms with E-state index in [2.05, 4.69) is 64.2 Å². The van der Waals surface area contributed by atoms with Gasteiger partial charge in [-0.2, -0.15) is 5.10 Å².